The Bertz CT molecular complexity index is 493. The zero-order chi connectivity index (χ0) is 12.0. The third-order valence-electron chi connectivity index (χ3n) is 3.61. The first kappa shape index (κ1) is 11.1. The fraction of sp³-hybridized carbons (Fsp3) is 0.429. The van der Waals surface area contributed by atoms with Gasteiger partial charge in [-0.2, -0.15) is 0 Å². The van der Waals surface area contributed by atoms with E-state index in [-0.39, 0.29) is 0 Å². The Morgan fingerprint density at radius 2 is 2.18 bits per heavy atom. The molecule has 0 spiro atoms. The average Bonchev–Trinajstić information content (AvgIpc) is 2.28. The van der Waals surface area contributed by atoms with Crippen LogP contribution in [-0.4, -0.2) is 11.4 Å². The maximum absolute atomic E-state index is 9.63. The monoisotopic (exact) mass is 250 g/mol. The molecule has 0 amide bonds. The quantitative estimate of drug-likeness (QED) is 0.765. The number of aliphatic hydroxyl groups is 1. The molecular formula is C14H15ClO2. The topological polar surface area (TPSA) is 29.5 Å². The molecule has 17 heavy (non-hydrogen) atoms. The predicted molar refractivity (Wildman–Crippen MR) is 67.6 cm³/mol. The number of hydrogen-bond donors (Lipinski definition) is 1. The zero-order valence-corrected chi connectivity index (χ0v) is 10.5. The minimum absolute atomic E-state index is 0.342. The normalized spacial score (nSPS) is 27.2. The third kappa shape index (κ3) is 1.85. The third-order valence-corrected chi connectivity index (χ3v) is 3.84. The molecule has 2 atom stereocenters. The van der Waals surface area contributed by atoms with E-state index >= 15 is 0 Å². The summed E-state index contributed by atoms with van der Waals surface area (Å²) in [4.78, 5) is 0. The molecule has 0 radical (unpaired) electrons. The molecule has 2 aliphatic rings. The van der Waals surface area contributed by atoms with Gasteiger partial charge in [0.15, 0.2) is 6.29 Å². The van der Waals surface area contributed by atoms with Crippen LogP contribution in [0.5, 0.6) is 0 Å². The Labute approximate surface area is 106 Å². The van der Waals surface area contributed by atoms with E-state index < -0.39 is 6.29 Å². The SMILES string of the molecule is C[C@@H]1CC(O)OC2=C1c1ccc(Cl)cc1CC2. The van der Waals surface area contributed by atoms with Gasteiger partial charge in [0.25, 0.3) is 0 Å². The minimum Gasteiger partial charge on any atom is -0.469 e. The molecule has 0 saturated heterocycles. The summed E-state index contributed by atoms with van der Waals surface area (Å²) < 4.78 is 5.55. The van der Waals surface area contributed by atoms with Crippen molar-refractivity contribution in [2.24, 2.45) is 5.92 Å². The van der Waals surface area contributed by atoms with Gasteiger partial charge in [-0.25, -0.2) is 0 Å². The molecule has 1 aliphatic carbocycles. The highest BCUT2D eigenvalue weighted by atomic mass is 35.5. The van der Waals surface area contributed by atoms with Crippen molar-refractivity contribution in [2.45, 2.75) is 32.5 Å². The lowest BCUT2D eigenvalue weighted by atomic mass is 9.81. The van der Waals surface area contributed by atoms with Crippen molar-refractivity contribution in [3.05, 3.63) is 40.1 Å². The fourth-order valence-electron chi connectivity index (χ4n) is 2.86. The van der Waals surface area contributed by atoms with Gasteiger partial charge in [0, 0.05) is 23.4 Å². The Kier molecular flexibility index (Phi) is 2.64. The van der Waals surface area contributed by atoms with Crippen LogP contribution in [0.3, 0.4) is 0 Å². The number of allylic oxidation sites excluding steroid dienone is 2. The highest BCUT2D eigenvalue weighted by Crippen LogP contribution is 2.42. The van der Waals surface area contributed by atoms with Crippen LogP contribution < -0.4 is 0 Å². The Hall–Kier alpha value is -0.990. The maximum atomic E-state index is 9.63. The van der Waals surface area contributed by atoms with Gasteiger partial charge in [-0.3, -0.25) is 0 Å². The molecular weight excluding hydrogens is 236 g/mol. The minimum atomic E-state index is -0.641. The van der Waals surface area contributed by atoms with E-state index in [0.29, 0.717) is 12.3 Å². The zero-order valence-electron chi connectivity index (χ0n) is 9.74. The van der Waals surface area contributed by atoms with Gasteiger partial charge >= 0.3 is 0 Å². The van der Waals surface area contributed by atoms with E-state index in [0.717, 1.165) is 23.6 Å². The van der Waals surface area contributed by atoms with Crippen LogP contribution in [0.15, 0.2) is 24.0 Å². The van der Waals surface area contributed by atoms with E-state index in [2.05, 4.69) is 13.0 Å². The molecule has 1 unspecified atom stereocenters. The lowest BCUT2D eigenvalue weighted by molar-refractivity contribution is -0.0852. The van der Waals surface area contributed by atoms with Crippen molar-refractivity contribution in [1.82, 2.24) is 0 Å². The smallest absolute Gasteiger partial charge is 0.197 e. The van der Waals surface area contributed by atoms with Gasteiger partial charge in [0.2, 0.25) is 0 Å². The highest BCUT2D eigenvalue weighted by molar-refractivity contribution is 6.30. The molecule has 0 aromatic heterocycles. The molecule has 3 heteroatoms. The van der Waals surface area contributed by atoms with Gasteiger partial charge in [0.05, 0.1) is 0 Å². The Balaban J connectivity index is 2.11. The number of hydrogen-bond acceptors (Lipinski definition) is 2. The standard InChI is InChI=1S/C14H15ClO2/c1-8-6-13(16)17-12-5-2-9-7-10(15)3-4-11(9)14(8)12/h3-4,7-8,13,16H,2,5-6H2,1H3/t8-,13?/m1/s1. The lowest BCUT2D eigenvalue weighted by Gasteiger charge is -2.34. The van der Waals surface area contributed by atoms with Crippen molar-refractivity contribution in [3.63, 3.8) is 0 Å². The van der Waals surface area contributed by atoms with Crippen LogP contribution in [0, 0.1) is 5.92 Å². The number of halogens is 1. The van der Waals surface area contributed by atoms with Crippen LogP contribution in [-0.2, 0) is 11.2 Å². The first-order valence-corrected chi connectivity index (χ1v) is 6.39. The second kappa shape index (κ2) is 4.04. The number of ether oxygens (including phenoxy) is 1. The van der Waals surface area contributed by atoms with E-state index in [4.69, 9.17) is 16.3 Å². The number of aliphatic hydroxyl groups excluding tert-OH is 1. The lowest BCUT2D eigenvalue weighted by Crippen LogP contribution is -2.26. The second-order valence-electron chi connectivity index (χ2n) is 4.85. The molecule has 1 aromatic carbocycles. The van der Waals surface area contributed by atoms with Crippen LogP contribution >= 0.6 is 11.6 Å². The molecule has 1 aromatic rings. The summed E-state index contributed by atoms with van der Waals surface area (Å²) in [5, 5.41) is 10.4. The fourth-order valence-corrected chi connectivity index (χ4v) is 3.05. The summed E-state index contributed by atoms with van der Waals surface area (Å²) in [7, 11) is 0. The van der Waals surface area contributed by atoms with E-state index in [1.807, 2.05) is 12.1 Å². The summed E-state index contributed by atoms with van der Waals surface area (Å²) in [6.07, 6.45) is 1.83. The number of rotatable bonds is 0. The van der Waals surface area contributed by atoms with E-state index in [1.165, 1.54) is 16.7 Å². The molecule has 0 saturated carbocycles. The van der Waals surface area contributed by atoms with Crippen molar-refractivity contribution in [2.75, 3.05) is 0 Å². The first-order valence-electron chi connectivity index (χ1n) is 6.01. The van der Waals surface area contributed by atoms with Gasteiger partial charge in [-0.15, -0.1) is 0 Å². The largest absolute Gasteiger partial charge is 0.469 e. The molecule has 2 nitrogen and oxygen atoms in total. The van der Waals surface area contributed by atoms with Gasteiger partial charge < -0.3 is 9.84 Å². The summed E-state index contributed by atoms with van der Waals surface area (Å²) in [5.74, 6) is 1.31. The summed E-state index contributed by atoms with van der Waals surface area (Å²) >= 11 is 6.02. The number of benzene rings is 1. The van der Waals surface area contributed by atoms with Gasteiger partial charge in [-0.1, -0.05) is 24.6 Å². The molecule has 3 rings (SSSR count). The van der Waals surface area contributed by atoms with E-state index in [1.54, 1.807) is 0 Å². The molecule has 90 valence electrons. The number of aryl methyl sites for hydroxylation is 1. The Morgan fingerprint density at radius 3 is 3.00 bits per heavy atom. The van der Waals surface area contributed by atoms with Crippen LogP contribution in [0.2, 0.25) is 5.02 Å². The molecule has 1 heterocycles. The Morgan fingerprint density at radius 1 is 1.35 bits per heavy atom. The molecule has 0 fully saturated rings. The highest BCUT2D eigenvalue weighted by Gasteiger charge is 2.31. The van der Waals surface area contributed by atoms with Crippen LogP contribution in [0.1, 0.15) is 30.9 Å². The number of fused-ring (bicyclic) bond motifs is 2. The second-order valence-corrected chi connectivity index (χ2v) is 5.28. The summed E-state index contributed by atoms with van der Waals surface area (Å²) in [6, 6.07) is 6.04. The van der Waals surface area contributed by atoms with Crippen molar-refractivity contribution < 1.29 is 9.84 Å². The first-order chi connectivity index (χ1) is 8.15. The van der Waals surface area contributed by atoms with Crippen molar-refractivity contribution >= 4 is 17.2 Å². The summed E-state index contributed by atoms with van der Waals surface area (Å²) in [6.45, 7) is 2.14. The van der Waals surface area contributed by atoms with Gasteiger partial charge in [-0.05, 0) is 35.6 Å². The van der Waals surface area contributed by atoms with Crippen LogP contribution in [0.25, 0.3) is 5.57 Å². The molecule has 1 N–H and O–H groups in total. The molecule has 0 bridgehead atoms. The average molecular weight is 251 g/mol. The van der Waals surface area contributed by atoms with Gasteiger partial charge in [0.1, 0.15) is 5.76 Å². The van der Waals surface area contributed by atoms with Crippen LogP contribution in [0.4, 0.5) is 0 Å². The molecule has 1 aliphatic heterocycles. The predicted octanol–water partition coefficient (Wildman–Crippen LogP) is 3.37. The van der Waals surface area contributed by atoms with Crippen molar-refractivity contribution in [3.8, 4) is 0 Å². The van der Waals surface area contributed by atoms with E-state index in [9.17, 15) is 5.11 Å². The maximum Gasteiger partial charge on any atom is 0.197 e. The summed E-state index contributed by atoms with van der Waals surface area (Å²) in [5.41, 5.74) is 3.80. The van der Waals surface area contributed by atoms with Crippen molar-refractivity contribution in [1.29, 1.82) is 0 Å².